The Bertz CT molecular complexity index is 2720. The highest BCUT2D eigenvalue weighted by Gasteiger charge is 2.16. The molecule has 2 heteroatoms. The Labute approximate surface area is 330 Å². The van der Waals surface area contributed by atoms with Crippen molar-refractivity contribution < 1.29 is 0 Å². The molecule has 0 spiro atoms. The summed E-state index contributed by atoms with van der Waals surface area (Å²) in [6.45, 7) is 16.2. The molecule has 1 aromatic heterocycles. The van der Waals surface area contributed by atoms with Crippen LogP contribution >= 0.6 is 0 Å². The number of nitrogens with zero attached hydrogens (tertiary/aromatic N) is 1. The normalized spacial score (nSPS) is 11.2. The molecule has 0 amide bonds. The van der Waals surface area contributed by atoms with Crippen LogP contribution in [0.25, 0.3) is 78.8 Å². The molecular weight excluding hydrogens is 677 g/mol. The Balaban J connectivity index is 1.02. The average Bonchev–Trinajstić information content (AvgIpc) is 3.59. The van der Waals surface area contributed by atoms with Gasteiger partial charge in [-0.3, -0.25) is 0 Å². The zero-order chi connectivity index (χ0) is 38.4. The number of allylic oxidation sites excluding steroid dienone is 4. The molecule has 0 saturated heterocycles. The lowest BCUT2D eigenvalue weighted by molar-refractivity contribution is 1.11. The summed E-state index contributed by atoms with van der Waals surface area (Å²) in [6, 6.07) is 60.3. The monoisotopic (exact) mass is 718 g/mol. The summed E-state index contributed by atoms with van der Waals surface area (Å²) in [5, 5.41) is 4.74. The molecule has 1 N–H and O–H groups in total. The van der Waals surface area contributed by atoms with Crippen LogP contribution in [0.5, 0.6) is 0 Å². The van der Waals surface area contributed by atoms with Crippen molar-refractivity contribution in [1.82, 2.24) is 4.57 Å². The lowest BCUT2D eigenvalue weighted by Crippen LogP contribution is -1.97. The lowest BCUT2D eigenvalue weighted by Gasteiger charge is -2.12. The Kier molecular flexibility index (Phi) is 10.1. The summed E-state index contributed by atoms with van der Waals surface area (Å²) in [6.07, 6.45) is 9.47. The summed E-state index contributed by atoms with van der Waals surface area (Å²) < 4.78 is 2.27. The maximum absolute atomic E-state index is 4.20. The molecule has 56 heavy (non-hydrogen) atoms. The molecule has 0 fully saturated rings. The highest BCUT2D eigenvalue weighted by molar-refractivity contribution is 5.97. The second-order valence-electron chi connectivity index (χ2n) is 13.7. The first kappa shape index (κ1) is 35.6. The van der Waals surface area contributed by atoms with Crippen LogP contribution in [-0.4, -0.2) is 4.57 Å². The third kappa shape index (κ3) is 7.12. The van der Waals surface area contributed by atoms with Gasteiger partial charge >= 0.3 is 0 Å². The van der Waals surface area contributed by atoms with Gasteiger partial charge in [-0.05, 0) is 110 Å². The summed E-state index contributed by atoms with van der Waals surface area (Å²) in [7, 11) is 0. The molecule has 0 saturated carbocycles. The minimum absolute atomic E-state index is 1.02. The van der Waals surface area contributed by atoms with E-state index in [1.54, 1.807) is 6.08 Å². The Morgan fingerprint density at radius 2 is 1.00 bits per heavy atom. The largest absolute Gasteiger partial charge is 0.356 e. The maximum Gasteiger partial charge on any atom is 0.0541 e. The molecule has 1 heterocycles. The molecule has 8 aromatic rings. The van der Waals surface area contributed by atoms with Crippen molar-refractivity contribution in [2.24, 2.45) is 0 Å². The molecule has 8 rings (SSSR count). The number of hydrogen-bond acceptors (Lipinski definition) is 1. The summed E-state index contributed by atoms with van der Waals surface area (Å²) in [5.74, 6) is 0. The van der Waals surface area contributed by atoms with Crippen LogP contribution in [0.15, 0.2) is 214 Å². The van der Waals surface area contributed by atoms with Gasteiger partial charge in [-0.2, -0.15) is 0 Å². The van der Waals surface area contributed by atoms with E-state index in [2.05, 4.69) is 200 Å². The van der Waals surface area contributed by atoms with Crippen molar-refractivity contribution >= 4 is 40.0 Å². The van der Waals surface area contributed by atoms with Crippen LogP contribution in [-0.2, 0) is 0 Å². The van der Waals surface area contributed by atoms with E-state index in [4.69, 9.17) is 0 Å². The smallest absolute Gasteiger partial charge is 0.0541 e. The van der Waals surface area contributed by atoms with Gasteiger partial charge in [-0.15, -0.1) is 0 Å². The van der Waals surface area contributed by atoms with Crippen LogP contribution in [0.3, 0.4) is 0 Å². The van der Waals surface area contributed by atoms with Crippen LogP contribution < -0.4 is 5.32 Å². The van der Waals surface area contributed by atoms with Gasteiger partial charge in [0.15, 0.2) is 0 Å². The van der Waals surface area contributed by atoms with Crippen LogP contribution in [0.4, 0.5) is 11.4 Å². The zero-order valence-electron chi connectivity index (χ0n) is 31.3. The van der Waals surface area contributed by atoms with E-state index in [-0.39, 0.29) is 0 Å². The van der Waals surface area contributed by atoms with Crippen LogP contribution in [0.2, 0.25) is 0 Å². The van der Waals surface area contributed by atoms with Crippen LogP contribution in [0.1, 0.15) is 16.8 Å². The Hall–Kier alpha value is -7.42. The molecule has 0 atom stereocenters. The first-order chi connectivity index (χ1) is 27.6. The number of nitrogens with one attached hydrogen (secondary N) is 1. The van der Waals surface area contributed by atoms with Crippen molar-refractivity contribution in [3.8, 4) is 50.2 Å². The fraction of sp³-hybridized carbons (Fsp3) is 0. The molecule has 7 aromatic carbocycles. The van der Waals surface area contributed by atoms with Gasteiger partial charge in [-0.1, -0.05) is 172 Å². The van der Waals surface area contributed by atoms with Gasteiger partial charge < -0.3 is 9.88 Å². The predicted octanol–water partition coefficient (Wildman–Crippen LogP) is 15.1. The minimum Gasteiger partial charge on any atom is -0.356 e. The number of fused-ring (bicyclic) bond motifs is 1. The van der Waals surface area contributed by atoms with Gasteiger partial charge in [0.2, 0.25) is 0 Å². The zero-order valence-corrected chi connectivity index (χ0v) is 31.3. The maximum atomic E-state index is 4.20. The highest BCUT2D eigenvalue weighted by atomic mass is 15.0. The molecule has 0 aliphatic heterocycles. The third-order valence-electron chi connectivity index (χ3n) is 10.3. The fourth-order valence-electron chi connectivity index (χ4n) is 7.45. The molecule has 0 bridgehead atoms. The van der Waals surface area contributed by atoms with Gasteiger partial charge in [0.1, 0.15) is 0 Å². The van der Waals surface area contributed by atoms with Crippen LogP contribution in [0, 0.1) is 0 Å². The van der Waals surface area contributed by atoms with Gasteiger partial charge in [-0.25, -0.2) is 0 Å². The molecule has 0 aliphatic rings. The quantitative estimate of drug-likeness (QED) is 0.124. The number of rotatable bonds is 12. The predicted molar refractivity (Wildman–Crippen MR) is 243 cm³/mol. The average molecular weight is 719 g/mol. The fourth-order valence-corrected chi connectivity index (χ4v) is 7.45. The van der Waals surface area contributed by atoms with Crippen molar-refractivity contribution in [2.75, 3.05) is 5.32 Å². The molecule has 0 aliphatic carbocycles. The summed E-state index contributed by atoms with van der Waals surface area (Å²) in [4.78, 5) is 0. The number of anilines is 2. The van der Waals surface area contributed by atoms with E-state index < -0.39 is 0 Å². The Morgan fingerprint density at radius 1 is 0.464 bits per heavy atom. The SMILES string of the molecule is C=C/C=C(\C=C)c1ccc(-c2ccc(-n3c(C=C)c(C=C)c4cc(-c5ccc(Nc6cccc(-c7ccc(-c8ccccc8)cc7)c6)cc5)ccc43)cc2)cc1. The van der Waals surface area contributed by atoms with E-state index in [0.717, 1.165) is 72.6 Å². The minimum atomic E-state index is 1.02. The molecular formula is C54H42N2. The van der Waals surface area contributed by atoms with E-state index >= 15 is 0 Å². The first-order valence-electron chi connectivity index (χ1n) is 18.8. The third-order valence-corrected chi connectivity index (χ3v) is 10.3. The van der Waals surface area contributed by atoms with Crippen molar-refractivity contribution in [1.29, 1.82) is 0 Å². The van der Waals surface area contributed by atoms with Gasteiger partial charge in [0.05, 0.1) is 11.2 Å². The molecule has 2 nitrogen and oxygen atoms in total. The number of aromatic nitrogens is 1. The Morgan fingerprint density at radius 3 is 1.61 bits per heavy atom. The van der Waals surface area contributed by atoms with E-state index in [1.807, 2.05) is 30.4 Å². The highest BCUT2D eigenvalue weighted by Crippen LogP contribution is 2.36. The van der Waals surface area contributed by atoms with Crippen molar-refractivity contribution in [3.05, 3.63) is 231 Å². The lowest BCUT2D eigenvalue weighted by atomic mass is 10.00. The number of hydrogen-bond donors (Lipinski definition) is 1. The summed E-state index contributed by atoms with van der Waals surface area (Å²) >= 11 is 0. The van der Waals surface area contributed by atoms with Gasteiger partial charge in [0.25, 0.3) is 0 Å². The molecule has 0 radical (unpaired) electrons. The first-order valence-corrected chi connectivity index (χ1v) is 18.8. The number of benzene rings is 7. The van der Waals surface area contributed by atoms with E-state index in [0.29, 0.717) is 0 Å². The molecule has 268 valence electrons. The van der Waals surface area contributed by atoms with E-state index in [9.17, 15) is 0 Å². The van der Waals surface area contributed by atoms with Crippen molar-refractivity contribution in [3.63, 3.8) is 0 Å². The van der Waals surface area contributed by atoms with Gasteiger partial charge in [0, 0.05) is 28.0 Å². The second-order valence-corrected chi connectivity index (χ2v) is 13.7. The molecule has 0 unspecified atom stereocenters. The standard InChI is InChI=1S/C54H42N2/c1-5-13-38(6-2)40-18-20-42(21-19-40)43-28-33-50(34-29-43)56-53(8-4)51(7-3)52-37-47(30-35-54(52)56)45-26-31-48(32-27-45)55-49-17-12-16-46(36-49)44-24-22-41(23-25-44)39-14-10-9-11-15-39/h5-37,55H,1-4H2/b38-13+. The topological polar surface area (TPSA) is 17.0 Å². The van der Waals surface area contributed by atoms with E-state index in [1.165, 1.54) is 22.3 Å². The second kappa shape index (κ2) is 15.9. The summed E-state index contributed by atoms with van der Waals surface area (Å²) in [5.41, 5.74) is 17.9. The van der Waals surface area contributed by atoms with Crippen molar-refractivity contribution in [2.45, 2.75) is 0 Å².